The lowest BCUT2D eigenvalue weighted by molar-refractivity contribution is 0.0628. The fraction of sp³-hybridized carbons (Fsp3) is 0.263. The summed E-state index contributed by atoms with van der Waals surface area (Å²) >= 11 is 0. The van der Waals surface area contributed by atoms with E-state index < -0.39 is 5.97 Å². The Morgan fingerprint density at radius 1 is 0.960 bits per heavy atom. The van der Waals surface area contributed by atoms with Crippen LogP contribution >= 0.6 is 0 Å². The number of nitrogens with zero attached hydrogens (tertiary/aromatic N) is 2. The SMILES string of the molecule is O=C(O)c1cccc(C(=O)N2CCN(Cc3cccc(F)c3)CC2)c1. The topological polar surface area (TPSA) is 60.9 Å². The molecule has 1 amide bonds. The Kier molecular flexibility index (Phi) is 5.09. The highest BCUT2D eigenvalue weighted by molar-refractivity contribution is 5.97. The van der Waals surface area contributed by atoms with E-state index in [-0.39, 0.29) is 17.3 Å². The molecule has 0 aromatic heterocycles. The second-order valence-corrected chi connectivity index (χ2v) is 6.08. The van der Waals surface area contributed by atoms with Gasteiger partial charge in [0, 0.05) is 38.3 Å². The number of rotatable bonds is 4. The lowest BCUT2D eigenvalue weighted by Crippen LogP contribution is -2.48. The second-order valence-electron chi connectivity index (χ2n) is 6.08. The Hall–Kier alpha value is -2.73. The third kappa shape index (κ3) is 4.22. The summed E-state index contributed by atoms with van der Waals surface area (Å²) in [6.45, 7) is 3.16. The molecule has 0 saturated carbocycles. The van der Waals surface area contributed by atoms with Crippen LogP contribution in [0, 0.1) is 5.82 Å². The first-order chi connectivity index (χ1) is 12.0. The number of piperazine rings is 1. The van der Waals surface area contributed by atoms with Crippen molar-refractivity contribution in [2.24, 2.45) is 0 Å². The molecular formula is C19H19FN2O3. The van der Waals surface area contributed by atoms with Crippen molar-refractivity contribution in [3.63, 3.8) is 0 Å². The van der Waals surface area contributed by atoms with Crippen molar-refractivity contribution < 1.29 is 19.1 Å². The van der Waals surface area contributed by atoms with Gasteiger partial charge in [0.15, 0.2) is 0 Å². The first-order valence-corrected chi connectivity index (χ1v) is 8.12. The zero-order valence-corrected chi connectivity index (χ0v) is 13.7. The number of benzene rings is 2. The Morgan fingerprint density at radius 3 is 2.32 bits per heavy atom. The highest BCUT2D eigenvalue weighted by atomic mass is 19.1. The van der Waals surface area contributed by atoms with Crippen LogP contribution in [0.2, 0.25) is 0 Å². The van der Waals surface area contributed by atoms with E-state index in [1.807, 2.05) is 6.07 Å². The molecule has 1 aliphatic rings. The van der Waals surface area contributed by atoms with Crippen molar-refractivity contribution in [1.82, 2.24) is 9.80 Å². The smallest absolute Gasteiger partial charge is 0.335 e. The summed E-state index contributed by atoms with van der Waals surface area (Å²) in [4.78, 5) is 27.5. The molecule has 1 N–H and O–H groups in total. The molecule has 0 spiro atoms. The van der Waals surface area contributed by atoms with Gasteiger partial charge in [-0.25, -0.2) is 9.18 Å². The van der Waals surface area contributed by atoms with Crippen LogP contribution in [-0.4, -0.2) is 53.0 Å². The molecular weight excluding hydrogens is 323 g/mol. The average Bonchev–Trinajstić information content (AvgIpc) is 2.62. The van der Waals surface area contributed by atoms with Gasteiger partial charge < -0.3 is 10.0 Å². The number of hydrogen-bond donors (Lipinski definition) is 1. The van der Waals surface area contributed by atoms with E-state index in [1.165, 1.54) is 24.3 Å². The van der Waals surface area contributed by atoms with Gasteiger partial charge in [-0.15, -0.1) is 0 Å². The molecule has 0 radical (unpaired) electrons. The molecule has 25 heavy (non-hydrogen) atoms. The lowest BCUT2D eigenvalue weighted by Gasteiger charge is -2.34. The first-order valence-electron chi connectivity index (χ1n) is 8.12. The number of amides is 1. The van der Waals surface area contributed by atoms with E-state index in [2.05, 4.69) is 4.90 Å². The molecule has 1 saturated heterocycles. The number of aromatic carboxylic acids is 1. The number of carboxylic acid groups (broad SMARTS) is 1. The summed E-state index contributed by atoms with van der Waals surface area (Å²) in [6, 6.07) is 12.6. The molecule has 0 bridgehead atoms. The van der Waals surface area contributed by atoms with Crippen LogP contribution in [0.15, 0.2) is 48.5 Å². The predicted molar refractivity (Wildman–Crippen MR) is 91.0 cm³/mol. The number of halogens is 1. The summed E-state index contributed by atoms with van der Waals surface area (Å²) in [7, 11) is 0. The van der Waals surface area contributed by atoms with Gasteiger partial charge in [-0.05, 0) is 35.9 Å². The number of hydrogen-bond acceptors (Lipinski definition) is 3. The van der Waals surface area contributed by atoms with Crippen LogP contribution in [0.5, 0.6) is 0 Å². The van der Waals surface area contributed by atoms with E-state index in [9.17, 15) is 14.0 Å². The minimum atomic E-state index is -1.05. The lowest BCUT2D eigenvalue weighted by atomic mass is 10.1. The minimum absolute atomic E-state index is 0.107. The van der Waals surface area contributed by atoms with Crippen molar-refractivity contribution in [3.05, 3.63) is 71.0 Å². The van der Waals surface area contributed by atoms with Gasteiger partial charge >= 0.3 is 5.97 Å². The molecule has 1 aliphatic heterocycles. The van der Waals surface area contributed by atoms with E-state index >= 15 is 0 Å². The van der Waals surface area contributed by atoms with Crippen molar-refractivity contribution in [2.45, 2.75) is 6.54 Å². The standard InChI is InChI=1S/C19H19FN2O3/c20-17-6-1-3-14(11-17)13-21-7-9-22(10-8-21)18(23)15-4-2-5-16(12-15)19(24)25/h1-6,11-12H,7-10,13H2,(H,24,25). The fourth-order valence-electron chi connectivity index (χ4n) is 2.97. The molecule has 1 heterocycles. The molecule has 0 aliphatic carbocycles. The van der Waals surface area contributed by atoms with Crippen LogP contribution in [0.3, 0.4) is 0 Å². The van der Waals surface area contributed by atoms with Gasteiger partial charge in [0.25, 0.3) is 5.91 Å². The van der Waals surface area contributed by atoms with E-state index in [1.54, 1.807) is 23.1 Å². The minimum Gasteiger partial charge on any atom is -0.478 e. The molecule has 2 aromatic rings. The monoisotopic (exact) mass is 342 g/mol. The van der Waals surface area contributed by atoms with E-state index in [0.29, 0.717) is 38.3 Å². The normalized spacial score (nSPS) is 15.2. The number of carbonyl (C=O) groups is 2. The third-order valence-corrected chi connectivity index (χ3v) is 4.31. The Labute approximate surface area is 145 Å². The Bertz CT molecular complexity index is 786. The summed E-state index contributed by atoms with van der Waals surface area (Å²) in [6.07, 6.45) is 0. The average molecular weight is 342 g/mol. The van der Waals surface area contributed by atoms with Crippen molar-refractivity contribution in [1.29, 1.82) is 0 Å². The quantitative estimate of drug-likeness (QED) is 0.927. The molecule has 130 valence electrons. The maximum absolute atomic E-state index is 13.3. The molecule has 5 nitrogen and oxygen atoms in total. The van der Waals surface area contributed by atoms with Gasteiger partial charge in [0.05, 0.1) is 5.56 Å². The summed E-state index contributed by atoms with van der Waals surface area (Å²) in [5.74, 6) is -1.45. The highest BCUT2D eigenvalue weighted by Crippen LogP contribution is 2.13. The Balaban J connectivity index is 1.59. The molecule has 0 unspecified atom stereocenters. The third-order valence-electron chi connectivity index (χ3n) is 4.31. The summed E-state index contributed by atoms with van der Waals surface area (Å²) in [5, 5.41) is 9.04. The van der Waals surface area contributed by atoms with E-state index in [0.717, 1.165) is 5.56 Å². The van der Waals surface area contributed by atoms with Crippen LogP contribution in [-0.2, 0) is 6.54 Å². The van der Waals surface area contributed by atoms with Crippen LogP contribution in [0.1, 0.15) is 26.3 Å². The number of carboxylic acids is 1. The molecule has 6 heteroatoms. The fourth-order valence-corrected chi connectivity index (χ4v) is 2.97. The molecule has 2 aromatic carbocycles. The molecule has 3 rings (SSSR count). The van der Waals surface area contributed by atoms with Crippen LogP contribution in [0.4, 0.5) is 4.39 Å². The van der Waals surface area contributed by atoms with E-state index in [4.69, 9.17) is 5.11 Å². The zero-order valence-electron chi connectivity index (χ0n) is 13.7. The maximum atomic E-state index is 13.3. The van der Waals surface area contributed by atoms with Gasteiger partial charge in [0.1, 0.15) is 5.82 Å². The van der Waals surface area contributed by atoms with Crippen molar-refractivity contribution in [2.75, 3.05) is 26.2 Å². The van der Waals surface area contributed by atoms with Crippen molar-refractivity contribution in [3.8, 4) is 0 Å². The largest absolute Gasteiger partial charge is 0.478 e. The zero-order chi connectivity index (χ0) is 17.8. The molecule has 1 fully saturated rings. The molecule has 0 atom stereocenters. The Morgan fingerprint density at radius 2 is 1.64 bits per heavy atom. The van der Waals surface area contributed by atoms with Crippen LogP contribution < -0.4 is 0 Å². The maximum Gasteiger partial charge on any atom is 0.335 e. The highest BCUT2D eigenvalue weighted by Gasteiger charge is 2.22. The second kappa shape index (κ2) is 7.44. The summed E-state index contributed by atoms with van der Waals surface area (Å²) < 4.78 is 13.3. The van der Waals surface area contributed by atoms with Gasteiger partial charge in [-0.2, -0.15) is 0 Å². The number of carbonyl (C=O) groups excluding carboxylic acids is 1. The van der Waals surface area contributed by atoms with Crippen molar-refractivity contribution >= 4 is 11.9 Å². The summed E-state index contributed by atoms with van der Waals surface area (Å²) in [5.41, 5.74) is 1.41. The predicted octanol–water partition coefficient (Wildman–Crippen LogP) is 2.48. The first kappa shape index (κ1) is 17.1. The van der Waals surface area contributed by atoms with Gasteiger partial charge in [0.2, 0.25) is 0 Å². The van der Waals surface area contributed by atoms with Gasteiger partial charge in [-0.3, -0.25) is 9.69 Å². The van der Waals surface area contributed by atoms with Crippen LogP contribution in [0.25, 0.3) is 0 Å². The van der Waals surface area contributed by atoms with Gasteiger partial charge in [-0.1, -0.05) is 18.2 Å².